The largest absolute Gasteiger partial charge is 0.449 e. The Morgan fingerprint density at radius 2 is 1.73 bits per heavy atom. The number of ether oxygens (including phenoxy) is 1. The number of nitrogens with one attached hydrogen (secondary N) is 1. The van der Waals surface area contributed by atoms with E-state index in [1.165, 1.54) is 49.6 Å². The minimum atomic E-state index is -0.769. The van der Waals surface area contributed by atoms with Crippen LogP contribution >= 0.6 is 0 Å². The van der Waals surface area contributed by atoms with E-state index in [1.807, 2.05) is 6.08 Å². The van der Waals surface area contributed by atoms with E-state index in [0.717, 1.165) is 42.6 Å². The molecule has 30 heavy (non-hydrogen) atoms. The van der Waals surface area contributed by atoms with Gasteiger partial charge in [-0.05, 0) is 108 Å². The Kier molecular flexibility index (Phi) is 4.83. The SMILES string of the molecule is Cc1cc(/C=C/C(=O)O[C@@H](C)C(=O)NC23CC4CC(CC(C4)C2)C3)c(C)n1C1CC1. The van der Waals surface area contributed by atoms with Gasteiger partial charge in [-0.25, -0.2) is 4.79 Å². The third-order valence-corrected chi connectivity index (χ3v) is 7.92. The molecule has 5 nitrogen and oxygen atoms in total. The number of aromatic nitrogens is 1. The lowest BCUT2D eigenvalue weighted by atomic mass is 9.53. The van der Waals surface area contributed by atoms with Crippen molar-refractivity contribution in [1.82, 2.24) is 9.88 Å². The Morgan fingerprint density at radius 1 is 1.13 bits per heavy atom. The van der Waals surface area contributed by atoms with Gasteiger partial charge in [0.1, 0.15) is 0 Å². The Labute approximate surface area is 179 Å². The lowest BCUT2D eigenvalue weighted by Crippen LogP contribution is -2.61. The zero-order valence-electron chi connectivity index (χ0n) is 18.4. The van der Waals surface area contributed by atoms with E-state index >= 15 is 0 Å². The van der Waals surface area contributed by atoms with Crippen molar-refractivity contribution in [3.05, 3.63) is 29.1 Å². The lowest BCUT2D eigenvalue weighted by molar-refractivity contribution is -0.152. The molecule has 5 aliphatic rings. The molecule has 0 saturated heterocycles. The van der Waals surface area contributed by atoms with Crippen LogP contribution < -0.4 is 5.32 Å². The molecular weight excluding hydrogens is 376 g/mol. The first-order valence-electron chi connectivity index (χ1n) is 11.7. The molecule has 4 bridgehead atoms. The van der Waals surface area contributed by atoms with E-state index in [4.69, 9.17) is 4.74 Å². The Hall–Kier alpha value is -2.04. The second-order valence-electron chi connectivity index (χ2n) is 10.5. The van der Waals surface area contributed by atoms with E-state index < -0.39 is 12.1 Å². The highest BCUT2D eigenvalue weighted by Crippen LogP contribution is 2.55. The van der Waals surface area contributed by atoms with Crippen molar-refractivity contribution in [3.63, 3.8) is 0 Å². The molecule has 1 aromatic heterocycles. The maximum Gasteiger partial charge on any atom is 0.331 e. The van der Waals surface area contributed by atoms with Gasteiger partial charge in [-0.3, -0.25) is 4.79 Å². The number of carbonyl (C=O) groups is 2. The van der Waals surface area contributed by atoms with E-state index in [0.29, 0.717) is 6.04 Å². The smallest absolute Gasteiger partial charge is 0.331 e. The van der Waals surface area contributed by atoms with Crippen LogP contribution in [0, 0.1) is 31.6 Å². The highest BCUT2D eigenvalue weighted by atomic mass is 16.5. The van der Waals surface area contributed by atoms with Crippen molar-refractivity contribution in [2.75, 3.05) is 0 Å². The summed E-state index contributed by atoms with van der Waals surface area (Å²) in [6.07, 6.45) is 12.3. The van der Waals surface area contributed by atoms with Gasteiger partial charge >= 0.3 is 5.97 Å². The molecule has 5 saturated carbocycles. The summed E-state index contributed by atoms with van der Waals surface area (Å²) >= 11 is 0. The number of nitrogens with zero attached hydrogens (tertiary/aromatic N) is 1. The van der Waals surface area contributed by atoms with Crippen molar-refractivity contribution < 1.29 is 14.3 Å². The van der Waals surface area contributed by atoms with Gasteiger partial charge in [0.2, 0.25) is 0 Å². The van der Waals surface area contributed by atoms with E-state index in [1.54, 1.807) is 6.92 Å². The van der Waals surface area contributed by atoms with Crippen LogP contribution in [-0.4, -0.2) is 28.1 Å². The Morgan fingerprint density at radius 3 is 2.30 bits per heavy atom. The van der Waals surface area contributed by atoms with Gasteiger partial charge in [-0.1, -0.05) is 0 Å². The standard InChI is InChI=1S/C25H34N2O3/c1-15-8-21(16(2)27(15)22-5-6-22)4-7-23(28)30-17(3)24(29)26-25-12-18-9-19(13-25)11-20(10-18)14-25/h4,7-8,17-20,22H,5-6,9-14H2,1-3H3,(H,26,29)/b7-4+/t17-,18?,19?,20?,25?/m0/s1. The van der Waals surface area contributed by atoms with E-state index in [2.05, 4.69) is 29.8 Å². The van der Waals surface area contributed by atoms with Crippen LogP contribution in [0.15, 0.2) is 12.1 Å². The normalized spacial score (nSPS) is 33.1. The fraction of sp³-hybridized carbons (Fsp3) is 0.680. The second-order valence-corrected chi connectivity index (χ2v) is 10.5. The van der Waals surface area contributed by atoms with Crippen LogP contribution in [0.5, 0.6) is 0 Å². The van der Waals surface area contributed by atoms with Crippen LogP contribution in [0.4, 0.5) is 0 Å². The van der Waals surface area contributed by atoms with Gasteiger partial charge in [0.15, 0.2) is 6.10 Å². The molecule has 1 atom stereocenters. The summed E-state index contributed by atoms with van der Waals surface area (Å²) in [6.45, 7) is 5.89. The van der Waals surface area contributed by atoms with Gasteiger partial charge in [0, 0.05) is 29.0 Å². The van der Waals surface area contributed by atoms with Crippen LogP contribution in [0.2, 0.25) is 0 Å². The summed E-state index contributed by atoms with van der Waals surface area (Å²) in [6, 6.07) is 2.73. The highest BCUT2D eigenvalue weighted by Gasteiger charge is 2.51. The molecule has 0 aliphatic heterocycles. The summed E-state index contributed by atoms with van der Waals surface area (Å²) in [5.74, 6) is 1.70. The maximum absolute atomic E-state index is 12.8. The van der Waals surface area contributed by atoms with E-state index in [9.17, 15) is 9.59 Å². The van der Waals surface area contributed by atoms with Crippen molar-refractivity contribution >= 4 is 18.0 Å². The van der Waals surface area contributed by atoms with Crippen molar-refractivity contribution in [1.29, 1.82) is 0 Å². The van der Waals surface area contributed by atoms with Gasteiger partial charge in [-0.15, -0.1) is 0 Å². The predicted molar refractivity (Wildman–Crippen MR) is 116 cm³/mol. The van der Waals surface area contributed by atoms with Crippen molar-refractivity contribution in [2.24, 2.45) is 17.8 Å². The third-order valence-electron chi connectivity index (χ3n) is 7.92. The number of hydrogen-bond acceptors (Lipinski definition) is 3. The number of hydrogen-bond donors (Lipinski definition) is 1. The molecule has 0 spiro atoms. The molecule has 1 aromatic rings. The molecule has 5 fully saturated rings. The number of aryl methyl sites for hydroxylation is 1. The first kappa shape index (κ1) is 19.9. The molecule has 5 heteroatoms. The summed E-state index contributed by atoms with van der Waals surface area (Å²) in [7, 11) is 0. The Bertz CT molecular complexity index is 857. The van der Waals surface area contributed by atoms with Crippen molar-refractivity contribution in [2.45, 2.75) is 89.8 Å². The van der Waals surface area contributed by atoms with Crippen molar-refractivity contribution in [3.8, 4) is 0 Å². The number of rotatable bonds is 6. The quantitative estimate of drug-likeness (QED) is 0.556. The number of esters is 1. The highest BCUT2D eigenvalue weighted by molar-refractivity contribution is 5.90. The summed E-state index contributed by atoms with van der Waals surface area (Å²) in [5.41, 5.74) is 3.41. The van der Waals surface area contributed by atoms with Gasteiger partial charge in [-0.2, -0.15) is 0 Å². The first-order valence-corrected chi connectivity index (χ1v) is 11.7. The van der Waals surface area contributed by atoms with Gasteiger partial charge in [0.05, 0.1) is 0 Å². The molecule has 0 radical (unpaired) electrons. The number of amides is 1. The average molecular weight is 411 g/mol. The molecule has 1 N–H and O–H groups in total. The molecule has 1 heterocycles. The zero-order chi connectivity index (χ0) is 21.0. The molecule has 5 aliphatic carbocycles. The average Bonchev–Trinajstić information content (AvgIpc) is 3.44. The monoisotopic (exact) mass is 410 g/mol. The molecule has 0 unspecified atom stereocenters. The molecule has 0 aromatic carbocycles. The summed E-state index contributed by atoms with van der Waals surface area (Å²) in [4.78, 5) is 25.2. The van der Waals surface area contributed by atoms with Gasteiger partial charge in [0.25, 0.3) is 5.91 Å². The van der Waals surface area contributed by atoms with E-state index in [-0.39, 0.29) is 11.4 Å². The summed E-state index contributed by atoms with van der Waals surface area (Å²) < 4.78 is 7.79. The van der Waals surface area contributed by atoms with Gasteiger partial charge < -0.3 is 14.6 Å². The topological polar surface area (TPSA) is 60.3 Å². The van der Waals surface area contributed by atoms with Crippen LogP contribution in [-0.2, 0) is 14.3 Å². The molecule has 6 rings (SSSR count). The van der Waals surface area contributed by atoms with Crippen LogP contribution in [0.3, 0.4) is 0 Å². The second kappa shape index (κ2) is 7.28. The number of carbonyl (C=O) groups excluding carboxylic acids is 2. The molecular formula is C25H34N2O3. The lowest BCUT2D eigenvalue weighted by Gasteiger charge is -2.57. The Balaban J connectivity index is 1.18. The summed E-state index contributed by atoms with van der Waals surface area (Å²) in [5, 5.41) is 3.30. The minimum Gasteiger partial charge on any atom is -0.449 e. The maximum atomic E-state index is 12.8. The fourth-order valence-corrected chi connectivity index (χ4v) is 6.92. The minimum absolute atomic E-state index is 0.0529. The predicted octanol–water partition coefficient (Wildman–Crippen LogP) is 4.47. The fourth-order valence-electron chi connectivity index (χ4n) is 6.92. The third kappa shape index (κ3) is 3.72. The van der Waals surface area contributed by atoms with Crippen LogP contribution in [0.1, 0.15) is 81.3 Å². The molecule has 162 valence electrons. The molecule has 1 amide bonds. The van der Waals surface area contributed by atoms with Crippen LogP contribution in [0.25, 0.3) is 6.08 Å². The zero-order valence-corrected chi connectivity index (χ0v) is 18.4. The first-order chi connectivity index (χ1) is 14.3.